The molecule has 7 nitrogen and oxygen atoms in total. The van der Waals surface area contributed by atoms with Gasteiger partial charge in [-0.25, -0.2) is 8.42 Å². The molecule has 1 amide bonds. The van der Waals surface area contributed by atoms with Crippen LogP contribution >= 0.6 is 11.6 Å². The lowest BCUT2D eigenvalue weighted by atomic mass is 10.3. The fourth-order valence-electron chi connectivity index (χ4n) is 2.26. The van der Waals surface area contributed by atoms with Crippen LogP contribution in [0.5, 0.6) is 5.75 Å². The standard InChI is InChI=1S/C18H15ClN2O5S/c1-25-14-7-4-12(5-8-14)21-27(23,24)17-11-13(6-9-15(17)19)20-18(22)16-3-2-10-26-16/h2-11,21H,1H3,(H,20,22). The highest BCUT2D eigenvalue weighted by atomic mass is 35.5. The zero-order valence-electron chi connectivity index (χ0n) is 14.1. The minimum atomic E-state index is -3.97. The highest BCUT2D eigenvalue weighted by Crippen LogP contribution is 2.27. The Labute approximate surface area is 161 Å². The Balaban J connectivity index is 1.84. The number of hydrogen-bond acceptors (Lipinski definition) is 5. The molecule has 2 aromatic carbocycles. The molecule has 0 bridgehead atoms. The van der Waals surface area contributed by atoms with E-state index >= 15 is 0 Å². The van der Waals surface area contributed by atoms with Crippen LogP contribution in [-0.4, -0.2) is 21.4 Å². The second kappa shape index (κ2) is 7.73. The number of ether oxygens (including phenoxy) is 1. The molecule has 0 atom stereocenters. The second-order valence-corrected chi connectivity index (χ2v) is 7.47. The molecular formula is C18H15ClN2O5S. The maximum Gasteiger partial charge on any atom is 0.291 e. The molecule has 0 saturated heterocycles. The first-order valence-electron chi connectivity index (χ1n) is 7.70. The van der Waals surface area contributed by atoms with Gasteiger partial charge in [0.05, 0.1) is 18.4 Å². The van der Waals surface area contributed by atoms with Crippen molar-refractivity contribution in [2.24, 2.45) is 0 Å². The molecule has 0 aliphatic carbocycles. The molecule has 0 spiro atoms. The van der Waals surface area contributed by atoms with E-state index in [1.54, 1.807) is 30.3 Å². The number of methoxy groups -OCH3 is 1. The summed E-state index contributed by atoms with van der Waals surface area (Å²) in [6.45, 7) is 0. The normalized spacial score (nSPS) is 11.0. The van der Waals surface area contributed by atoms with Crippen LogP contribution in [0.15, 0.2) is 70.2 Å². The van der Waals surface area contributed by atoms with Gasteiger partial charge in [-0.1, -0.05) is 11.6 Å². The van der Waals surface area contributed by atoms with Crippen LogP contribution in [0.25, 0.3) is 0 Å². The van der Waals surface area contributed by atoms with E-state index in [2.05, 4.69) is 10.0 Å². The molecule has 0 saturated carbocycles. The number of benzene rings is 2. The summed E-state index contributed by atoms with van der Waals surface area (Å²) in [6, 6.07) is 13.6. The molecule has 3 aromatic rings. The maximum atomic E-state index is 12.7. The van der Waals surface area contributed by atoms with Gasteiger partial charge in [-0.15, -0.1) is 0 Å². The Bertz CT molecular complexity index is 1050. The zero-order valence-corrected chi connectivity index (χ0v) is 15.7. The first-order valence-corrected chi connectivity index (χ1v) is 9.56. The number of carbonyl (C=O) groups excluding carboxylic acids is 1. The van der Waals surface area contributed by atoms with E-state index in [9.17, 15) is 13.2 Å². The van der Waals surface area contributed by atoms with Gasteiger partial charge in [-0.3, -0.25) is 9.52 Å². The van der Waals surface area contributed by atoms with Crippen LogP contribution in [0.3, 0.4) is 0 Å². The van der Waals surface area contributed by atoms with Crippen LogP contribution < -0.4 is 14.8 Å². The maximum absolute atomic E-state index is 12.7. The molecule has 140 valence electrons. The Kier molecular flexibility index (Phi) is 5.38. The summed E-state index contributed by atoms with van der Waals surface area (Å²) in [6.07, 6.45) is 1.37. The number of halogens is 1. The van der Waals surface area contributed by atoms with Crippen molar-refractivity contribution >= 4 is 38.9 Å². The smallest absolute Gasteiger partial charge is 0.291 e. The molecule has 3 rings (SSSR count). The fourth-order valence-corrected chi connectivity index (χ4v) is 3.84. The number of anilines is 2. The number of amides is 1. The van der Waals surface area contributed by atoms with E-state index in [1.165, 1.54) is 37.6 Å². The fraction of sp³-hybridized carbons (Fsp3) is 0.0556. The molecule has 0 aliphatic heterocycles. The topological polar surface area (TPSA) is 97.6 Å². The third-order valence-electron chi connectivity index (χ3n) is 3.57. The van der Waals surface area contributed by atoms with Crippen molar-refractivity contribution < 1.29 is 22.4 Å². The van der Waals surface area contributed by atoms with E-state index < -0.39 is 15.9 Å². The first-order chi connectivity index (χ1) is 12.9. The monoisotopic (exact) mass is 406 g/mol. The number of sulfonamides is 1. The van der Waals surface area contributed by atoms with Crippen LogP contribution in [0, 0.1) is 0 Å². The van der Waals surface area contributed by atoms with Gasteiger partial charge in [0, 0.05) is 11.4 Å². The van der Waals surface area contributed by atoms with Crippen molar-refractivity contribution in [1.29, 1.82) is 0 Å². The van der Waals surface area contributed by atoms with Gasteiger partial charge in [0.2, 0.25) is 0 Å². The Morgan fingerprint density at radius 3 is 2.41 bits per heavy atom. The van der Waals surface area contributed by atoms with Crippen molar-refractivity contribution in [2.45, 2.75) is 4.90 Å². The van der Waals surface area contributed by atoms with Crippen LogP contribution in [0.2, 0.25) is 5.02 Å². The molecular weight excluding hydrogens is 392 g/mol. The van der Waals surface area contributed by atoms with Crippen molar-refractivity contribution in [2.75, 3.05) is 17.1 Å². The second-order valence-electron chi connectivity index (χ2n) is 5.41. The molecule has 0 unspecified atom stereocenters. The molecule has 2 N–H and O–H groups in total. The summed E-state index contributed by atoms with van der Waals surface area (Å²) in [5.41, 5.74) is 0.604. The average Bonchev–Trinajstić information content (AvgIpc) is 3.18. The van der Waals surface area contributed by atoms with Crippen LogP contribution in [0.1, 0.15) is 10.6 Å². The molecule has 27 heavy (non-hydrogen) atoms. The molecule has 0 fully saturated rings. The lowest BCUT2D eigenvalue weighted by Crippen LogP contribution is -2.15. The lowest BCUT2D eigenvalue weighted by Gasteiger charge is -2.12. The van der Waals surface area contributed by atoms with Crippen molar-refractivity contribution in [3.05, 3.63) is 71.6 Å². The number of hydrogen-bond donors (Lipinski definition) is 2. The summed E-state index contributed by atoms with van der Waals surface area (Å²) >= 11 is 6.06. The van der Waals surface area contributed by atoms with E-state index in [-0.39, 0.29) is 21.4 Å². The van der Waals surface area contributed by atoms with Gasteiger partial charge < -0.3 is 14.5 Å². The third-order valence-corrected chi connectivity index (χ3v) is 5.43. The predicted molar refractivity (Wildman–Crippen MR) is 102 cm³/mol. The van der Waals surface area contributed by atoms with Gasteiger partial charge in [0.25, 0.3) is 15.9 Å². The Morgan fingerprint density at radius 1 is 1.07 bits per heavy atom. The largest absolute Gasteiger partial charge is 0.497 e. The predicted octanol–water partition coefficient (Wildman–Crippen LogP) is 3.99. The quantitative estimate of drug-likeness (QED) is 0.644. The van der Waals surface area contributed by atoms with Gasteiger partial charge in [-0.05, 0) is 54.6 Å². The van der Waals surface area contributed by atoms with Crippen molar-refractivity contribution in [3.8, 4) is 5.75 Å². The van der Waals surface area contributed by atoms with E-state index in [0.717, 1.165) is 0 Å². The highest BCUT2D eigenvalue weighted by Gasteiger charge is 2.20. The summed E-state index contributed by atoms with van der Waals surface area (Å²) in [5.74, 6) is 0.193. The van der Waals surface area contributed by atoms with Gasteiger partial charge >= 0.3 is 0 Å². The minimum absolute atomic E-state index is 0.0204. The minimum Gasteiger partial charge on any atom is -0.497 e. The Hall–Kier alpha value is -2.97. The highest BCUT2D eigenvalue weighted by molar-refractivity contribution is 7.92. The zero-order chi connectivity index (χ0) is 19.4. The summed E-state index contributed by atoms with van der Waals surface area (Å²) in [4.78, 5) is 11.9. The van der Waals surface area contributed by atoms with Crippen LogP contribution in [-0.2, 0) is 10.0 Å². The SMILES string of the molecule is COc1ccc(NS(=O)(=O)c2cc(NC(=O)c3ccco3)ccc2Cl)cc1. The van der Waals surface area contributed by atoms with Gasteiger partial charge in [0.15, 0.2) is 5.76 Å². The van der Waals surface area contributed by atoms with Crippen LogP contribution in [0.4, 0.5) is 11.4 Å². The van der Waals surface area contributed by atoms with Gasteiger partial charge in [-0.2, -0.15) is 0 Å². The first kappa shape index (κ1) is 18.8. The summed E-state index contributed by atoms with van der Waals surface area (Å²) < 4.78 is 37.9. The number of nitrogens with one attached hydrogen (secondary N) is 2. The lowest BCUT2D eigenvalue weighted by molar-refractivity contribution is 0.0996. The number of carbonyl (C=O) groups is 1. The van der Waals surface area contributed by atoms with Gasteiger partial charge in [0.1, 0.15) is 10.6 Å². The molecule has 1 aromatic heterocycles. The van der Waals surface area contributed by atoms with E-state index in [4.69, 9.17) is 20.8 Å². The number of rotatable bonds is 6. The number of furan rings is 1. The Morgan fingerprint density at radius 2 is 1.78 bits per heavy atom. The van der Waals surface area contributed by atoms with Crippen molar-refractivity contribution in [1.82, 2.24) is 0 Å². The van der Waals surface area contributed by atoms with E-state index in [0.29, 0.717) is 11.4 Å². The summed E-state index contributed by atoms with van der Waals surface area (Å²) in [5, 5.41) is 2.58. The van der Waals surface area contributed by atoms with E-state index in [1.807, 2.05) is 0 Å². The molecule has 9 heteroatoms. The molecule has 0 radical (unpaired) electrons. The average molecular weight is 407 g/mol. The molecule has 1 heterocycles. The van der Waals surface area contributed by atoms with Crippen molar-refractivity contribution in [3.63, 3.8) is 0 Å². The third kappa shape index (κ3) is 4.42. The molecule has 0 aliphatic rings. The summed E-state index contributed by atoms with van der Waals surface area (Å²) in [7, 11) is -2.46.